The Bertz CT molecular complexity index is 1230. The minimum absolute atomic E-state index is 0.0779. The molecule has 1 N–H and O–H groups in total. The van der Waals surface area contributed by atoms with Crippen molar-refractivity contribution in [2.45, 2.75) is 69.8 Å². The molecule has 0 saturated heterocycles. The van der Waals surface area contributed by atoms with Crippen molar-refractivity contribution in [1.29, 1.82) is 0 Å². The average Bonchev–Trinajstić information content (AvgIpc) is 2.93. The van der Waals surface area contributed by atoms with Gasteiger partial charge in [-0.05, 0) is 48.6 Å². The second kappa shape index (κ2) is 14.8. The minimum Gasteiger partial charge on any atom is -0.352 e. The average molecular weight is 584 g/mol. The molecule has 3 aromatic rings. The fraction of sp³-hybridized carbons (Fsp3) is 0.375. The van der Waals surface area contributed by atoms with Gasteiger partial charge in [-0.3, -0.25) is 9.59 Å². The Hall–Kier alpha value is -2.47. The fourth-order valence-electron chi connectivity index (χ4n) is 5.10. The number of nitrogens with zero attached hydrogens (tertiary/aromatic N) is 1. The van der Waals surface area contributed by atoms with E-state index in [2.05, 4.69) is 11.4 Å². The van der Waals surface area contributed by atoms with E-state index in [0.717, 1.165) is 47.9 Å². The molecule has 206 valence electrons. The first-order chi connectivity index (χ1) is 18.9. The van der Waals surface area contributed by atoms with E-state index in [4.69, 9.17) is 23.2 Å². The third-order valence-corrected chi connectivity index (χ3v) is 8.84. The smallest absolute Gasteiger partial charge is 0.243 e. The second-order valence-corrected chi connectivity index (χ2v) is 12.1. The molecule has 1 aliphatic rings. The number of thioether (sulfide) groups is 1. The molecular weight excluding hydrogens is 547 g/mol. The highest BCUT2D eigenvalue weighted by Crippen LogP contribution is 2.29. The van der Waals surface area contributed by atoms with Gasteiger partial charge in [0.05, 0.1) is 5.75 Å². The van der Waals surface area contributed by atoms with E-state index in [0.29, 0.717) is 28.8 Å². The summed E-state index contributed by atoms with van der Waals surface area (Å²) in [4.78, 5) is 29.5. The van der Waals surface area contributed by atoms with Crippen LogP contribution in [0, 0.1) is 6.92 Å². The highest BCUT2D eigenvalue weighted by atomic mass is 35.5. The lowest BCUT2D eigenvalue weighted by atomic mass is 9.94. The van der Waals surface area contributed by atoms with Crippen LogP contribution in [-0.4, -0.2) is 34.6 Å². The standard InChI is InChI=1S/C32H36Cl2N2O2S/c1-23-10-8-13-25(18-23)20-36(31(37)22-39-21-27-28(33)16-9-17-29(27)34)30(19-24-11-4-2-5-12-24)32(38)35-26-14-6-3-7-15-26/h2,4-5,8-13,16-18,26,30H,3,6-7,14-15,19-22H2,1H3,(H,35,38)/t30-/m1/s1. The molecule has 4 rings (SSSR count). The molecule has 0 radical (unpaired) electrons. The van der Waals surface area contributed by atoms with Gasteiger partial charge in [0.2, 0.25) is 11.8 Å². The maximum absolute atomic E-state index is 13.9. The van der Waals surface area contributed by atoms with Gasteiger partial charge in [0.1, 0.15) is 6.04 Å². The fourth-order valence-corrected chi connectivity index (χ4v) is 6.75. The molecule has 1 fully saturated rings. The van der Waals surface area contributed by atoms with Crippen LogP contribution in [0.25, 0.3) is 0 Å². The maximum Gasteiger partial charge on any atom is 0.243 e. The summed E-state index contributed by atoms with van der Waals surface area (Å²) >= 11 is 14.2. The van der Waals surface area contributed by atoms with Gasteiger partial charge in [-0.25, -0.2) is 0 Å². The molecule has 7 heteroatoms. The van der Waals surface area contributed by atoms with E-state index in [-0.39, 0.29) is 23.6 Å². The largest absolute Gasteiger partial charge is 0.352 e. The van der Waals surface area contributed by atoms with Crippen molar-refractivity contribution in [2.75, 3.05) is 5.75 Å². The number of nitrogens with one attached hydrogen (secondary N) is 1. The number of hydrogen-bond donors (Lipinski definition) is 1. The first-order valence-corrected chi connectivity index (χ1v) is 15.5. The van der Waals surface area contributed by atoms with Crippen molar-refractivity contribution in [1.82, 2.24) is 10.2 Å². The van der Waals surface area contributed by atoms with Crippen LogP contribution >= 0.6 is 35.0 Å². The lowest BCUT2D eigenvalue weighted by Gasteiger charge is -2.33. The molecule has 0 unspecified atom stereocenters. The number of amides is 2. The Balaban J connectivity index is 1.58. The first kappa shape index (κ1) is 29.5. The Morgan fingerprint density at radius 2 is 1.59 bits per heavy atom. The monoisotopic (exact) mass is 582 g/mol. The number of halogens is 2. The zero-order valence-electron chi connectivity index (χ0n) is 22.4. The summed E-state index contributed by atoms with van der Waals surface area (Å²) in [7, 11) is 0. The summed E-state index contributed by atoms with van der Waals surface area (Å²) in [6, 6.07) is 23.0. The molecule has 0 aliphatic heterocycles. The molecule has 0 bridgehead atoms. The van der Waals surface area contributed by atoms with Crippen molar-refractivity contribution in [3.63, 3.8) is 0 Å². The van der Waals surface area contributed by atoms with Crippen LogP contribution in [-0.2, 0) is 28.3 Å². The summed E-state index contributed by atoms with van der Waals surface area (Å²) < 4.78 is 0. The van der Waals surface area contributed by atoms with Crippen LogP contribution < -0.4 is 5.32 Å². The normalized spacial score (nSPS) is 14.5. The number of carbonyl (C=O) groups excluding carboxylic acids is 2. The molecule has 0 aromatic heterocycles. The summed E-state index contributed by atoms with van der Waals surface area (Å²) in [5, 5.41) is 4.48. The zero-order chi connectivity index (χ0) is 27.6. The number of carbonyl (C=O) groups is 2. The predicted octanol–water partition coefficient (Wildman–Crippen LogP) is 7.62. The van der Waals surface area contributed by atoms with Crippen molar-refractivity contribution in [3.8, 4) is 0 Å². The Labute approximate surface area is 246 Å². The van der Waals surface area contributed by atoms with Gasteiger partial charge in [0.15, 0.2) is 0 Å². The highest BCUT2D eigenvalue weighted by molar-refractivity contribution is 7.99. The van der Waals surface area contributed by atoms with Crippen molar-refractivity contribution >= 4 is 46.8 Å². The summed E-state index contributed by atoms with van der Waals surface area (Å²) in [5.74, 6) is 0.575. The molecule has 3 aromatic carbocycles. The molecule has 1 aliphatic carbocycles. The van der Waals surface area contributed by atoms with Gasteiger partial charge in [0.25, 0.3) is 0 Å². The van der Waals surface area contributed by atoms with Gasteiger partial charge >= 0.3 is 0 Å². The van der Waals surface area contributed by atoms with Crippen molar-refractivity contribution in [3.05, 3.63) is 105 Å². The number of aryl methyl sites for hydroxylation is 1. The van der Waals surface area contributed by atoms with Gasteiger partial charge in [-0.15, -0.1) is 11.8 Å². The third kappa shape index (κ3) is 8.76. The van der Waals surface area contributed by atoms with E-state index >= 15 is 0 Å². The molecule has 0 spiro atoms. The molecule has 4 nitrogen and oxygen atoms in total. The van der Waals surface area contributed by atoms with Crippen LogP contribution in [0.15, 0.2) is 72.8 Å². The van der Waals surface area contributed by atoms with Gasteiger partial charge in [0, 0.05) is 34.8 Å². The maximum atomic E-state index is 13.9. The Morgan fingerprint density at radius 1 is 0.923 bits per heavy atom. The van der Waals surface area contributed by atoms with E-state index in [1.54, 1.807) is 17.0 Å². The topological polar surface area (TPSA) is 49.4 Å². The summed E-state index contributed by atoms with van der Waals surface area (Å²) in [5.41, 5.74) is 3.97. The van der Waals surface area contributed by atoms with Crippen LogP contribution in [0.4, 0.5) is 0 Å². The SMILES string of the molecule is Cc1cccc(CN(C(=O)CSCc2c(Cl)cccc2Cl)[C@H](Cc2ccccc2)C(=O)NC2CCCCC2)c1. The molecule has 1 saturated carbocycles. The Morgan fingerprint density at radius 3 is 2.28 bits per heavy atom. The molecule has 39 heavy (non-hydrogen) atoms. The first-order valence-electron chi connectivity index (χ1n) is 13.6. The van der Waals surface area contributed by atoms with Crippen molar-refractivity contribution < 1.29 is 9.59 Å². The van der Waals surface area contributed by atoms with Gasteiger partial charge in [-0.2, -0.15) is 0 Å². The van der Waals surface area contributed by atoms with E-state index in [1.807, 2.05) is 61.5 Å². The van der Waals surface area contributed by atoms with E-state index < -0.39 is 6.04 Å². The molecule has 1 atom stereocenters. The zero-order valence-corrected chi connectivity index (χ0v) is 24.7. The summed E-state index contributed by atoms with van der Waals surface area (Å²) in [6.45, 7) is 2.40. The number of hydrogen-bond acceptors (Lipinski definition) is 3. The number of benzene rings is 3. The lowest BCUT2D eigenvalue weighted by molar-refractivity contribution is -0.139. The third-order valence-electron chi connectivity index (χ3n) is 7.19. The van der Waals surface area contributed by atoms with E-state index in [9.17, 15) is 9.59 Å². The molecule has 2 amide bonds. The number of rotatable bonds is 11. The second-order valence-electron chi connectivity index (χ2n) is 10.3. The van der Waals surface area contributed by atoms with Gasteiger partial charge < -0.3 is 10.2 Å². The highest BCUT2D eigenvalue weighted by Gasteiger charge is 2.32. The van der Waals surface area contributed by atoms with Gasteiger partial charge in [-0.1, -0.05) is 109 Å². The minimum atomic E-state index is -0.619. The van der Waals surface area contributed by atoms with Crippen LogP contribution in [0.1, 0.15) is 54.4 Å². The Kier molecular flexibility index (Phi) is 11.2. The molecule has 0 heterocycles. The van der Waals surface area contributed by atoms with Crippen LogP contribution in [0.2, 0.25) is 10.0 Å². The van der Waals surface area contributed by atoms with E-state index in [1.165, 1.54) is 18.2 Å². The van der Waals surface area contributed by atoms with Crippen molar-refractivity contribution in [2.24, 2.45) is 0 Å². The quantitative estimate of drug-likeness (QED) is 0.253. The van der Waals surface area contributed by atoms with Crippen LogP contribution in [0.5, 0.6) is 0 Å². The molecular formula is C32H36Cl2N2O2S. The lowest BCUT2D eigenvalue weighted by Crippen LogP contribution is -2.53. The predicted molar refractivity (Wildman–Crippen MR) is 163 cm³/mol. The summed E-state index contributed by atoms with van der Waals surface area (Å²) in [6.07, 6.45) is 5.90. The van der Waals surface area contributed by atoms with Crippen LogP contribution in [0.3, 0.4) is 0 Å².